The van der Waals surface area contributed by atoms with Crippen LogP contribution in [0.3, 0.4) is 0 Å². The molecule has 0 amide bonds. The maximum atomic E-state index is 11.6. The lowest BCUT2D eigenvalue weighted by molar-refractivity contribution is 0.393. The molecule has 2 aromatic heterocycles. The van der Waals surface area contributed by atoms with E-state index in [0.29, 0.717) is 10.7 Å². The summed E-state index contributed by atoms with van der Waals surface area (Å²) in [6, 6.07) is 5.55. The highest BCUT2D eigenvalue weighted by molar-refractivity contribution is 8.01. The van der Waals surface area contributed by atoms with Crippen molar-refractivity contribution in [3.8, 4) is 5.75 Å². The fourth-order valence-electron chi connectivity index (χ4n) is 1.67. The highest BCUT2D eigenvalue weighted by Crippen LogP contribution is 2.36. The highest BCUT2D eigenvalue weighted by atomic mass is 32.2. The molecule has 0 aliphatic heterocycles. The van der Waals surface area contributed by atoms with Crippen LogP contribution in [0, 0.1) is 0 Å². The fraction of sp³-hybridized carbons (Fsp3) is 0.0833. The Labute approximate surface area is 122 Å². The zero-order valence-electron chi connectivity index (χ0n) is 10.4. The second-order valence-corrected chi connectivity index (χ2v) is 6.15. The molecular formula is C12H10N4O2S2. The average Bonchev–Trinajstić information content (AvgIpc) is 2.80. The Hall–Kier alpha value is -2.06. The predicted molar refractivity (Wildman–Crippen MR) is 79.6 cm³/mol. The van der Waals surface area contributed by atoms with Crippen molar-refractivity contribution >= 4 is 39.0 Å². The Morgan fingerprint density at radius 1 is 1.45 bits per heavy atom. The van der Waals surface area contributed by atoms with Gasteiger partial charge in [-0.1, -0.05) is 0 Å². The van der Waals surface area contributed by atoms with Crippen molar-refractivity contribution in [3.63, 3.8) is 0 Å². The Morgan fingerprint density at radius 3 is 3.10 bits per heavy atom. The van der Waals surface area contributed by atoms with Gasteiger partial charge in [-0.25, -0.2) is 9.97 Å². The van der Waals surface area contributed by atoms with Gasteiger partial charge in [-0.15, -0.1) is 11.3 Å². The summed E-state index contributed by atoms with van der Waals surface area (Å²) < 4.78 is 6.85. The highest BCUT2D eigenvalue weighted by Gasteiger charge is 2.13. The number of anilines is 1. The van der Waals surface area contributed by atoms with Crippen molar-refractivity contribution in [3.05, 3.63) is 34.9 Å². The molecule has 0 fully saturated rings. The SMILES string of the molecule is COc1c(Sc2nc3ccc(N)cc3s2)nc[nH]c1=O. The first-order valence-corrected chi connectivity index (χ1v) is 7.26. The Bertz CT molecular complexity index is 828. The van der Waals surface area contributed by atoms with E-state index < -0.39 is 0 Å². The number of H-pyrrole nitrogens is 1. The first-order chi connectivity index (χ1) is 9.67. The molecule has 8 heteroatoms. The molecule has 6 nitrogen and oxygen atoms in total. The summed E-state index contributed by atoms with van der Waals surface area (Å²) in [5.41, 5.74) is 7.01. The topological polar surface area (TPSA) is 93.9 Å². The molecule has 20 heavy (non-hydrogen) atoms. The van der Waals surface area contributed by atoms with Gasteiger partial charge in [-0.3, -0.25) is 4.79 Å². The number of aromatic amines is 1. The first kappa shape index (κ1) is 12.9. The van der Waals surface area contributed by atoms with Crippen molar-refractivity contribution in [2.75, 3.05) is 12.8 Å². The molecule has 0 atom stereocenters. The molecule has 3 N–H and O–H groups in total. The van der Waals surface area contributed by atoms with Crippen molar-refractivity contribution in [2.45, 2.75) is 9.37 Å². The van der Waals surface area contributed by atoms with Crippen LogP contribution >= 0.6 is 23.1 Å². The van der Waals surface area contributed by atoms with Crippen LogP contribution in [0.2, 0.25) is 0 Å². The summed E-state index contributed by atoms with van der Waals surface area (Å²) in [5, 5.41) is 0.489. The molecule has 0 radical (unpaired) electrons. The van der Waals surface area contributed by atoms with E-state index in [0.717, 1.165) is 14.6 Å². The Morgan fingerprint density at radius 2 is 2.30 bits per heavy atom. The molecule has 0 spiro atoms. The van der Waals surface area contributed by atoms with Gasteiger partial charge in [0, 0.05) is 5.69 Å². The second-order valence-electron chi connectivity index (χ2n) is 3.88. The number of rotatable bonds is 3. The number of hydrogen-bond acceptors (Lipinski definition) is 7. The van der Waals surface area contributed by atoms with Gasteiger partial charge in [0.05, 0.1) is 23.7 Å². The van der Waals surface area contributed by atoms with Crippen LogP contribution < -0.4 is 16.0 Å². The summed E-state index contributed by atoms with van der Waals surface area (Å²) in [6.07, 6.45) is 1.35. The number of nitrogens with two attached hydrogens (primary N) is 1. The Kier molecular flexibility index (Phi) is 3.33. The summed E-state index contributed by atoms with van der Waals surface area (Å²) >= 11 is 2.79. The van der Waals surface area contributed by atoms with Gasteiger partial charge < -0.3 is 15.5 Å². The third kappa shape index (κ3) is 2.35. The van der Waals surface area contributed by atoms with Gasteiger partial charge in [0.25, 0.3) is 5.56 Å². The minimum absolute atomic E-state index is 0.191. The maximum absolute atomic E-state index is 11.6. The lowest BCUT2D eigenvalue weighted by Gasteiger charge is -2.02. The molecule has 3 rings (SSSR count). The number of benzene rings is 1. The molecule has 0 aliphatic rings. The quantitative estimate of drug-likeness (QED) is 0.568. The molecule has 3 aromatic rings. The van der Waals surface area contributed by atoms with Crippen LogP contribution in [0.1, 0.15) is 0 Å². The maximum Gasteiger partial charge on any atom is 0.294 e. The zero-order valence-corrected chi connectivity index (χ0v) is 12.0. The van der Waals surface area contributed by atoms with E-state index in [1.165, 1.54) is 36.5 Å². The molecule has 0 saturated carbocycles. The molecular weight excluding hydrogens is 296 g/mol. The standard InChI is InChI=1S/C12H10N4O2S2/c1-18-9-10(17)14-5-15-11(9)20-12-16-7-3-2-6(13)4-8(7)19-12/h2-5H,13H2,1H3,(H,14,15,17). The van der Waals surface area contributed by atoms with Gasteiger partial charge in [0.1, 0.15) is 0 Å². The van der Waals surface area contributed by atoms with Crippen molar-refractivity contribution in [1.82, 2.24) is 15.0 Å². The van der Waals surface area contributed by atoms with Crippen molar-refractivity contribution in [2.24, 2.45) is 0 Å². The van der Waals surface area contributed by atoms with E-state index in [-0.39, 0.29) is 11.3 Å². The van der Waals surface area contributed by atoms with E-state index in [1.807, 2.05) is 18.2 Å². The Balaban J connectivity index is 2.01. The summed E-state index contributed by atoms with van der Waals surface area (Å²) in [7, 11) is 1.44. The normalized spacial score (nSPS) is 10.8. The lowest BCUT2D eigenvalue weighted by atomic mass is 10.3. The van der Waals surface area contributed by atoms with Gasteiger partial charge >= 0.3 is 0 Å². The molecule has 2 heterocycles. The minimum atomic E-state index is -0.310. The number of nitrogens with zero attached hydrogens (tertiary/aromatic N) is 2. The monoisotopic (exact) mass is 306 g/mol. The number of aromatic nitrogens is 3. The summed E-state index contributed by atoms with van der Waals surface area (Å²) in [6.45, 7) is 0. The average molecular weight is 306 g/mol. The molecule has 1 aromatic carbocycles. The minimum Gasteiger partial charge on any atom is -0.489 e. The van der Waals surface area contributed by atoms with Crippen LogP contribution in [0.25, 0.3) is 10.2 Å². The van der Waals surface area contributed by atoms with Crippen LogP contribution in [-0.2, 0) is 0 Å². The third-order valence-corrected chi connectivity index (χ3v) is 4.62. The van der Waals surface area contributed by atoms with E-state index in [1.54, 1.807) is 0 Å². The van der Waals surface area contributed by atoms with E-state index in [9.17, 15) is 4.79 Å². The van der Waals surface area contributed by atoms with Gasteiger partial charge in [0.2, 0.25) is 5.75 Å². The van der Waals surface area contributed by atoms with Gasteiger partial charge in [-0.2, -0.15) is 0 Å². The smallest absolute Gasteiger partial charge is 0.294 e. The van der Waals surface area contributed by atoms with E-state index in [4.69, 9.17) is 10.5 Å². The van der Waals surface area contributed by atoms with Crippen LogP contribution in [0.15, 0.2) is 38.7 Å². The number of nitrogen functional groups attached to an aromatic ring is 1. The van der Waals surface area contributed by atoms with E-state index >= 15 is 0 Å². The van der Waals surface area contributed by atoms with Crippen molar-refractivity contribution < 1.29 is 4.74 Å². The van der Waals surface area contributed by atoms with Gasteiger partial charge in [0.15, 0.2) is 9.37 Å². The summed E-state index contributed by atoms with van der Waals surface area (Å²) in [5.74, 6) is 0.191. The lowest BCUT2D eigenvalue weighted by Crippen LogP contribution is -2.10. The molecule has 0 saturated heterocycles. The second kappa shape index (κ2) is 5.14. The predicted octanol–water partition coefficient (Wildman–Crippen LogP) is 2.12. The molecule has 0 unspecified atom stereocenters. The van der Waals surface area contributed by atoms with Crippen LogP contribution in [0.4, 0.5) is 5.69 Å². The molecule has 0 aliphatic carbocycles. The first-order valence-electron chi connectivity index (χ1n) is 5.63. The third-order valence-electron chi connectivity index (χ3n) is 2.56. The fourth-order valence-corrected chi connectivity index (χ4v) is 3.77. The van der Waals surface area contributed by atoms with Gasteiger partial charge in [-0.05, 0) is 30.0 Å². The number of hydrogen-bond donors (Lipinski definition) is 2. The van der Waals surface area contributed by atoms with Crippen molar-refractivity contribution in [1.29, 1.82) is 0 Å². The van der Waals surface area contributed by atoms with Crippen LogP contribution in [0.5, 0.6) is 5.75 Å². The number of fused-ring (bicyclic) bond motifs is 1. The van der Waals surface area contributed by atoms with E-state index in [2.05, 4.69) is 15.0 Å². The largest absolute Gasteiger partial charge is 0.489 e. The number of thiazole rings is 1. The molecule has 0 bridgehead atoms. The zero-order chi connectivity index (χ0) is 14.1. The number of methoxy groups -OCH3 is 1. The summed E-state index contributed by atoms with van der Waals surface area (Å²) in [4.78, 5) is 22.7. The number of ether oxygens (including phenoxy) is 1. The number of nitrogens with one attached hydrogen (secondary N) is 1. The molecule has 102 valence electrons. The van der Waals surface area contributed by atoms with Crippen LogP contribution in [-0.4, -0.2) is 22.1 Å².